The first-order valence-electron chi connectivity index (χ1n) is 25.5. The third-order valence-electron chi connectivity index (χ3n) is 12.2. The van der Waals surface area contributed by atoms with E-state index in [-0.39, 0.29) is 99.3 Å². The number of carbonyl (C=O) groups excluding carboxylic acids is 8. The van der Waals surface area contributed by atoms with Crippen LogP contribution in [0.5, 0.6) is 0 Å². The number of aromatic nitrogens is 1. The molecule has 0 saturated heterocycles. The Balaban J connectivity index is 1.46. The number of ether oxygens (including phenoxy) is 1. The summed E-state index contributed by atoms with van der Waals surface area (Å²) in [5.74, 6) is -4.62. The molecule has 0 radical (unpaired) electrons. The van der Waals surface area contributed by atoms with Crippen LogP contribution in [0.4, 0.5) is 8.78 Å². The van der Waals surface area contributed by atoms with E-state index in [9.17, 15) is 42.7 Å². The lowest BCUT2D eigenvalue weighted by molar-refractivity contribution is -0.149. The Morgan fingerprint density at radius 1 is 0.730 bits per heavy atom. The smallest absolute Gasteiger partial charge is 0.308 e. The van der Waals surface area contributed by atoms with E-state index in [0.29, 0.717) is 49.9 Å². The Bertz CT molecular complexity index is 2450. The summed E-state index contributed by atoms with van der Waals surface area (Å²) >= 11 is 4.19. The summed E-state index contributed by atoms with van der Waals surface area (Å²) in [5.41, 5.74) is 1.46. The fourth-order valence-electron chi connectivity index (χ4n) is 8.58. The maximum atomic E-state index is 15.4. The second-order valence-electron chi connectivity index (χ2n) is 20.6. The van der Waals surface area contributed by atoms with Gasteiger partial charge < -0.3 is 35.5 Å². The van der Waals surface area contributed by atoms with E-state index in [1.165, 1.54) is 19.1 Å². The summed E-state index contributed by atoms with van der Waals surface area (Å²) in [6.45, 7) is 15.3. The van der Waals surface area contributed by atoms with Gasteiger partial charge in [-0.1, -0.05) is 71.4 Å². The maximum absolute atomic E-state index is 15.4. The molecule has 0 bridgehead atoms. The van der Waals surface area contributed by atoms with Crippen LogP contribution in [0.2, 0.25) is 0 Å². The largest absolute Gasteiger partial charge is 0.449 e. The number of halogens is 2. The van der Waals surface area contributed by atoms with E-state index < -0.39 is 57.9 Å². The number of rotatable bonds is 29. The number of hydrogen-bond acceptors (Lipinski definition) is 10. The molecule has 7 amide bonds. The number of nitrogens with one attached hydrogen (secondary N) is 4. The molecule has 2 aromatic carbocycles. The first-order valence-corrected chi connectivity index (χ1v) is 25.9. The number of hydrogen-bond donors (Lipinski definition) is 5. The zero-order valence-electron chi connectivity index (χ0n) is 44.1. The van der Waals surface area contributed by atoms with Crippen molar-refractivity contribution >= 4 is 59.9 Å². The molecule has 0 unspecified atom stereocenters. The van der Waals surface area contributed by atoms with Crippen molar-refractivity contribution in [1.29, 1.82) is 0 Å². The number of thiol groups is 1. The highest BCUT2D eigenvalue weighted by Gasteiger charge is 2.37. The zero-order valence-corrected chi connectivity index (χ0v) is 45.0. The molecule has 4 N–H and O–H groups in total. The van der Waals surface area contributed by atoms with Crippen LogP contribution < -0.4 is 21.3 Å². The van der Waals surface area contributed by atoms with Crippen molar-refractivity contribution in [2.24, 2.45) is 11.3 Å². The van der Waals surface area contributed by atoms with Gasteiger partial charge in [0.1, 0.15) is 28.7 Å². The molecule has 0 fully saturated rings. The van der Waals surface area contributed by atoms with Crippen LogP contribution in [-0.4, -0.2) is 105 Å². The normalized spacial score (nSPS) is 13.9. The van der Waals surface area contributed by atoms with Crippen molar-refractivity contribution < 1.29 is 51.9 Å². The standard InChI is InChI=1S/C55H75F2N7O9S/c1-36(2)50(61-45(66)21-13-10-16-30-63-47(68)25-26-48(63)69)53(72)60-37(3)52(71)59-28-17-31-64(46(67)22-15-14-20-44(65)58-29-27-49(70)73-55(7,8)74)51(54(4,5)6)43-32-39(41-33-40(56)23-24-42(41)57)35-62(43)34-38-18-11-9-12-19-38/h9,11-12,18-19,23-26,32-33,35-37,50-51,74H,10,13-17,20-22,27-31,34H2,1-8H3,(H,58,65)(H,59,71)(H,60,72)(H,61,66)/t37-,50-,51-/m0/s1. The quantitative estimate of drug-likeness (QED) is 0.0155. The molecular formula is C55H75F2N7O9S. The maximum Gasteiger partial charge on any atom is 0.308 e. The Morgan fingerprint density at radius 2 is 1.38 bits per heavy atom. The van der Waals surface area contributed by atoms with E-state index >= 15 is 4.39 Å². The lowest BCUT2D eigenvalue weighted by atomic mass is 9.82. The van der Waals surface area contributed by atoms with Crippen LogP contribution in [-0.2, 0) is 49.6 Å². The van der Waals surface area contributed by atoms with Gasteiger partial charge in [-0.2, -0.15) is 0 Å². The molecule has 404 valence electrons. The summed E-state index contributed by atoms with van der Waals surface area (Å²) in [6.07, 6.45) is 7.11. The molecule has 0 saturated carbocycles. The van der Waals surface area contributed by atoms with Crippen LogP contribution >= 0.6 is 12.6 Å². The minimum absolute atomic E-state index is 0.0261. The third-order valence-corrected chi connectivity index (χ3v) is 12.3. The Morgan fingerprint density at radius 3 is 2.03 bits per heavy atom. The van der Waals surface area contributed by atoms with E-state index in [1.54, 1.807) is 44.9 Å². The van der Waals surface area contributed by atoms with Gasteiger partial charge in [0.15, 0.2) is 0 Å². The van der Waals surface area contributed by atoms with Crippen molar-refractivity contribution in [3.05, 3.63) is 95.8 Å². The molecular weight excluding hydrogens is 973 g/mol. The van der Waals surface area contributed by atoms with Crippen molar-refractivity contribution in [3.63, 3.8) is 0 Å². The van der Waals surface area contributed by atoms with Gasteiger partial charge in [0, 0.05) is 87.2 Å². The molecule has 4 rings (SSSR count). The van der Waals surface area contributed by atoms with E-state index in [2.05, 4.69) is 33.9 Å². The first-order chi connectivity index (χ1) is 34.8. The van der Waals surface area contributed by atoms with Gasteiger partial charge in [-0.05, 0) is 94.0 Å². The highest BCUT2D eigenvalue weighted by molar-refractivity contribution is 7.81. The fourth-order valence-corrected chi connectivity index (χ4v) is 8.69. The van der Waals surface area contributed by atoms with Crippen LogP contribution in [0.15, 0.2) is 72.9 Å². The number of nitrogens with zero attached hydrogens (tertiary/aromatic N) is 3. The van der Waals surface area contributed by atoms with Crippen LogP contribution in [0.25, 0.3) is 11.1 Å². The van der Waals surface area contributed by atoms with Crippen LogP contribution in [0, 0.1) is 23.0 Å². The van der Waals surface area contributed by atoms with Crippen LogP contribution in [0.1, 0.15) is 137 Å². The SMILES string of the molecule is CC(C)[C@H](NC(=O)CCCCCN1C(=O)C=CC1=O)C(=O)N[C@@H](C)C(=O)NCCCN(C(=O)CCCCC(=O)NCCC(=O)OC(C)(C)S)[C@@H](c1cc(-c2cc(F)ccc2F)cn1Cc1ccccc1)C(C)(C)C. The van der Waals surface area contributed by atoms with Crippen LogP contribution in [0.3, 0.4) is 0 Å². The molecule has 1 aromatic heterocycles. The molecule has 74 heavy (non-hydrogen) atoms. The minimum atomic E-state index is -0.986. The van der Waals surface area contributed by atoms with Crippen molar-refractivity contribution in [2.75, 3.05) is 26.2 Å². The van der Waals surface area contributed by atoms with Gasteiger partial charge in [-0.25, -0.2) is 8.78 Å². The molecule has 16 nitrogen and oxygen atoms in total. The van der Waals surface area contributed by atoms with Gasteiger partial charge >= 0.3 is 5.97 Å². The first kappa shape index (κ1) is 60.2. The Kier molecular flexibility index (Phi) is 23.1. The summed E-state index contributed by atoms with van der Waals surface area (Å²) in [6, 6.07) is 12.1. The zero-order chi connectivity index (χ0) is 54.8. The molecule has 3 atom stereocenters. The number of unbranched alkanes of at least 4 members (excludes halogenated alkanes) is 3. The summed E-state index contributed by atoms with van der Waals surface area (Å²) < 4.78 is 37.1. The molecule has 0 spiro atoms. The van der Waals surface area contributed by atoms with Gasteiger partial charge in [0.25, 0.3) is 11.8 Å². The minimum Gasteiger partial charge on any atom is -0.449 e. The average Bonchev–Trinajstić information content (AvgIpc) is 3.87. The van der Waals surface area contributed by atoms with Crippen molar-refractivity contribution in [3.8, 4) is 11.1 Å². The summed E-state index contributed by atoms with van der Waals surface area (Å²) in [7, 11) is 0. The molecule has 19 heteroatoms. The number of benzene rings is 2. The fraction of sp³-hybridized carbons (Fsp3) is 0.527. The Hall–Kier alpha value is -6.37. The molecule has 1 aliphatic heterocycles. The summed E-state index contributed by atoms with van der Waals surface area (Å²) in [4.78, 5) is 105. The molecule has 1 aliphatic rings. The van der Waals surface area contributed by atoms with Gasteiger partial charge in [0.2, 0.25) is 29.5 Å². The highest BCUT2D eigenvalue weighted by Crippen LogP contribution is 2.41. The predicted octanol–water partition coefficient (Wildman–Crippen LogP) is 7.31. The number of esters is 1. The predicted molar refractivity (Wildman–Crippen MR) is 281 cm³/mol. The van der Waals surface area contributed by atoms with Crippen molar-refractivity contribution in [1.82, 2.24) is 35.6 Å². The second-order valence-corrected chi connectivity index (χ2v) is 21.7. The highest BCUT2D eigenvalue weighted by atomic mass is 32.1. The van der Waals surface area contributed by atoms with Gasteiger partial charge in [-0.3, -0.25) is 43.3 Å². The van der Waals surface area contributed by atoms with E-state index in [1.807, 2.05) is 55.7 Å². The topological polar surface area (TPSA) is 205 Å². The van der Waals surface area contributed by atoms with E-state index in [4.69, 9.17) is 4.74 Å². The monoisotopic (exact) mass is 1050 g/mol. The molecule has 2 heterocycles. The third kappa shape index (κ3) is 19.5. The molecule has 0 aliphatic carbocycles. The van der Waals surface area contributed by atoms with E-state index in [0.717, 1.165) is 28.7 Å². The lowest BCUT2D eigenvalue weighted by Gasteiger charge is -2.41. The number of imide groups is 1. The lowest BCUT2D eigenvalue weighted by Crippen LogP contribution is -2.54. The Labute approximate surface area is 439 Å². The number of carbonyl (C=O) groups is 8. The number of amides is 7. The molecule has 3 aromatic rings. The van der Waals surface area contributed by atoms with Gasteiger partial charge in [-0.15, -0.1) is 12.6 Å². The van der Waals surface area contributed by atoms with Crippen molar-refractivity contribution in [2.45, 2.75) is 149 Å². The second kappa shape index (κ2) is 28.3. The average molecular weight is 1050 g/mol. The summed E-state index contributed by atoms with van der Waals surface area (Å²) in [5, 5.41) is 11.1. The van der Waals surface area contributed by atoms with Gasteiger partial charge in [0.05, 0.1) is 12.5 Å².